The molecule has 4 N–H and O–H groups in total. The summed E-state index contributed by atoms with van der Waals surface area (Å²) in [5.74, 6) is -5.52. The van der Waals surface area contributed by atoms with Crippen molar-refractivity contribution in [1.82, 2.24) is 20.1 Å². The molecule has 12 nitrogen and oxygen atoms in total. The fraction of sp³-hybridized carbons (Fsp3) is 0.517. The fourth-order valence-electron chi connectivity index (χ4n) is 6.10. The van der Waals surface area contributed by atoms with Crippen molar-refractivity contribution in [3.63, 3.8) is 0 Å². The monoisotopic (exact) mass is 667 g/mol. The Bertz CT molecular complexity index is 1530. The highest BCUT2D eigenvalue weighted by Gasteiger charge is 2.44. The Hall–Kier alpha value is -3.40. The lowest BCUT2D eigenvalue weighted by Crippen LogP contribution is -2.49. The van der Waals surface area contributed by atoms with E-state index in [2.05, 4.69) is 15.8 Å². The van der Waals surface area contributed by atoms with Gasteiger partial charge in [0.1, 0.15) is 11.0 Å². The number of hydrazine groups is 1. The van der Waals surface area contributed by atoms with Gasteiger partial charge in [0.2, 0.25) is 21.8 Å². The van der Waals surface area contributed by atoms with Crippen LogP contribution in [0.25, 0.3) is 0 Å². The van der Waals surface area contributed by atoms with Crippen molar-refractivity contribution in [3.8, 4) is 0 Å². The van der Waals surface area contributed by atoms with Crippen LogP contribution in [0.3, 0.4) is 0 Å². The summed E-state index contributed by atoms with van der Waals surface area (Å²) in [5, 5.41) is -0.0995. The van der Waals surface area contributed by atoms with Gasteiger partial charge in [-0.1, -0.05) is 11.6 Å². The molecule has 1 aromatic heterocycles. The van der Waals surface area contributed by atoms with Gasteiger partial charge in [-0.3, -0.25) is 25.2 Å². The summed E-state index contributed by atoms with van der Waals surface area (Å²) in [4.78, 5) is 43.3. The zero-order chi connectivity index (χ0) is 32.4. The number of carbonyl (C=O) groups is 3. The largest absolute Gasteiger partial charge is 0.354 e. The summed E-state index contributed by atoms with van der Waals surface area (Å²) in [5.41, 5.74) is 10.0. The number of piperazine rings is 1. The molecule has 2 aliphatic heterocycles. The minimum Gasteiger partial charge on any atom is -0.354 e. The molecule has 3 heterocycles. The normalized spacial score (nSPS) is 21.6. The van der Waals surface area contributed by atoms with E-state index in [0.29, 0.717) is 18.7 Å². The molecule has 244 valence electrons. The number of pyridine rings is 1. The molecule has 1 saturated carbocycles. The van der Waals surface area contributed by atoms with Gasteiger partial charge < -0.3 is 15.5 Å². The van der Waals surface area contributed by atoms with Gasteiger partial charge in [-0.05, 0) is 68.5 Å². The number of sulfonamides is 1. The Morgan fingerprint density at radius 2 is 1.67 bits per heavy atom. The lowest BCUT2D eigenvalue weighted by molar-refractivity contribution is -0.133. The van der Waals surface area contributed by atoms with Gasteiger partial charge in [0, 0.05) is 62.2 Å². The number of alkyl halides is 2. The van der Waals surface area contributed by atoms with Crippen molar-refractivity contribution >= 4 is 50.9 Å². The van der Waals surface area contributed by atoms with Crippen molar-refractivity contribution in [2.24, 2.45) is 17.6 Å². The smallest absolute Gasteiger partial charge is 0.276 e. The molecule has 3 aliphatic rings. The molecule has 3 fully saturated rings. The Kier molecular flexibility index (Phi) is 9.91. The van der Waals surface area contributed by atoms with Crippen molar-refractivity contribution in [2.45, 2.75) is 49.3 Å². The Morgan fingerprint density at radius 1 is 1.00 bits per heavy atom. The van der Waals surface area contributed by atoms with Gasteiger partial charge in [0.05, 0.1) is 11.4 Å². The number of amides is 3. The minimum atomic E-state index is -3.81. The Morgan fingerprint density at radius 3 is 2.27 bits per heavy atom. The van der Waals surface area contributed by atoms with Crippen LogP contribution < -0.4 is 26.4 Å². The van der Waals surface area contributed by atoms with Crippen LogP contribution in [0.1, 0.15) is 44.1 Å². The molecule has 0 spiro atoms. The number of carbonyl (C=O) groups excluding carboxylic acids is 3. The van der Waals surface area contributed by atoms with E-state index in [9.17, 15) is 22.8 Å². The number of nitrogens with zero attached hydrogens (tertiary/aromatic N) is 4. The molecule has 1 aromatic carbocycles. The zero-order valence-electron chi connectivity index (χ0n) is 24.6. The van der Waals surface area contributed by atoms with Crippen LogP contribution in [-0.2, 0) is 30.3 Å². The summed E-state index contributed by atoms with van der Waals surface area (Å²) >= 11 is 6.20. The number of anilines is 2. The van der Waals surface area contributed by atoms with E-state index in [4.69, 9.17) is 17.3 Å². The summed E-state index contributed by atoms with van der Waals surface area (Å²) in [6, 6.07) is 8.70. The second-order valence-electron chi connectivity index (χ2n) is 11.5. The molecule has 16 heteroatoms. The number of nitrogens with two attached hydrogens (primary N) is 1. The number of hydrogen-bond donors (Lipinski definition) is 3. The fourth-order valence-corrected chi connectivity index (χ4v) is 7.73. The van der Waals surface area contributed by atoms with Crippen molar-refractivity contribution < 1.29 is 31.6 Å². The van der Waals surface area contributed by atoms with Gasteiger partial charge in [0.15, 0.2) is 0 Å². The van der Waals surface area contributed by atoms with Gasteiger partial charge in [-0.25, -0.2) is 22.2 Å². The van der Waals surface area contributed by atoms with E-state index in [0.717, 1.165) is 12.5 Å². The van der Waals surface area contributed by atoms with Gasteiger partial charge in [-0.2, -0.15) is 4.31 Å². The van der Waals surface area contributed by atoms with Gasteiger partial charge >= 0.3 is 0 Å². The first-order chi connectivity index (χ1) is 21.4. The average molecular weight is 668 g/mol. The van der Waals surface area contributed by atoms with Crippen molar-refractivity contribution in [1.29, 1.82) is 0 Å². The number of benzene rings is 1. The summed E-state index contributed by atoms with van der Waals surface area (Å²) in [6.45, 7) is 0.995. The zero-order valence-corrected chi connectivity index (χ0v) is 26.1. The summed E-state index contributed by atoms with van der Waals surface area (Å²) in [6.07, 6.45) is 1.89. The minimum absolute atomic E-state index is 0.0147. The molecule has 0 bridgehead atoms. The predicted octanol–water partition coefficient (Wildman–Crippen LogP) is 2.38. The summed E-state index contributed by atoms with van der Waals surface area (Å²) < 4.78 is 59.5. The van der Waals surface area contributed by atoms with Crippen LogP contribution >= 0.6 is 11.6 Å². The van der Waals surface area contributed by atoms with E-state index in [1.807, 2.05) is 0 Å². The number of hydrogen-bond acceptors (Lipinski definition) is 8. The highest BCUT2D eigenvalue weighted by Crippen LogP contribution is 2.46. The van der Waals surface area contributed by atoms with E-state index >= 15 is 8.78 Å². The summed E-state index contributed by atoms with van der Waals surface area (Å²) in [7, 11) is -3.81. The molecule has 45 heavy (non-hydrogen) atoms. The number of halogens is 3. The van der Waals surface area contributed by atoms with E-state index < -0.39 is 39.6 Å². The molecular formula is C29H36ClF2N7O5S. The van der Waals surface area contributed by atoms with Crippen LogP contribution in [0.4, 0.5) is 20.3 Å². The molecular weight excluding hydrogens is 632 g/mol. The Labute approximate surface area is 265 Å². The Balaban J connectivity index is 1.20. The lowest BCUT2D eigenvalue weighted by atomic mass is 9.77. The first-order valence-electron chi connectivity index (χ1n) is 14.9. The molecule has 0 unspecified atom stereocenters. The molecule has 0 radical (unpaired) electrons. The third-order valence-corrected chi connectivity index (χ3v) is 10.8. The van der Waals surface area contributed by atoms with Crippen LogP contribution in [-0.4, -0.2) is 74.7 Å². The third kappa shape index (κ3) is 7.21. The molecule has 0 atom stereocenters. The first-order valence-corrected chi connectivity index (χ1v) is 16.7. The van der Waals surface area contributed by atoms with E-state index in [-0.39, 0.29) is 85.7 Å². The SMILES string of the molecule is NCC(=O)NNC(=O)C1CCC(C(F)(F)c2cc(Cl)nc(N3CCN(S(=O)(=O)c4ccc(N5CCCC5=O)cc4)CC3)c2)CC1. The van der Waals surface area contributed by atoms with Gasteiger partial charge in [-0.15, -0.1) is 0 Å². The maximum atomic E-state index is 15.8. The number of aromatic nitrogens is 1. The van der Waals surface area contributed by atoms with E-state index in [1.165, 1.54) is 22.5 Å². The first kappa shape index (κ1) is 33.0. The predicted molar refractivity (Wildman–Crippen MR) is 163 cm³/mol. The van der Waals surface area contributed by atoms with E-state index in [1.54, 1.807) is 21.9 Å². The second kappa shape index (κ2) is 13.5. The van der Waals surface area contributed by atoms with Crippen molar-refractivity contribution in [3.05, 3.63) is 47.1 Å². The number of nitrogens with one attached hydrogen (secondary N) is 2. The van der Waals surface area contributed by atoms with Crippen LogP contribution in [0.5, 0.6) is 0 Å². The number of rotatable bonds is 8. The highest BCUT2D eigenvalue weighted by atomic mass is 35.5. The van der Waals surface area contributed by atoms with Crippen LogP contribution in [0.15, 0.2) is 41.3 Å². The molecule has 2 saturated heterocycles. The molecule has 3 amide bonds. The standard InChI is InChI=1S/C29H36ClF2N7O5S/c30-24-16-21(29(31,32)20-5-3-19(4-6-20)28(42)36-35-26(40)18-33)17-25(34-24)37-12-14-38(15-13-37)45(43,44)23-9-7-22(8-10-23)39-11-1-2-27(39)41/h7-10,16-17,19-20H,1-6,11-15,18,33H2,(H,35,40)(H,36,42). The molecule has 5 rings (SSSR count). The topological polar surface area (TPSA) is 158 Å². The average Bonchev–Trinajstić information content (AvgIpc) is 3.48. The third-order valence-electron chi connectivity index (χ3n) is 8.71. The lowest BCUT2D eigenvalue weighted by Gasteiger charge is -2.36. The van der Waals surface area contributed by atoms with Crippen molar-refractivity contribution in [2.75, 3.05) is 49.1 Å². The highest BCUT2D eigenvalue weighted by molar-refractivity contribution is 7.89. The van der Waals surface area contributed by atoms with Crippen LogP contribution in [0.2, 0.25) is 5.15 Å². The quantitative estimate of drug-likeness (QED) is 0.286. The van der Waals surface area contributed by atoms with Gasteiger partial charge in [0.25, 0.3) is 11.8 Å². The maximum absolute atomic E-state index is 15.8. The maximum Gasteiger partial charge on any atom is 0.276 e. The second-order valence-corrected chi connectivity index (χ2v) is 13.8. The molecule has 2 aromatic rings. The van der Waals surface area contributed by atoms with Crippen LogP contribution in [0, 0.1) is 11.8 Å². The molecule has 1 aliphatic carbocycles.